The lowest BCUT2D eigenvalue weighted by Gasteiger charge is -2.19. The van der Waals surface area contributed by atoms with Gasteiger partial charge in [-0.15, -0.1) is 0 Å². The lowest BCUT2D eigenvalue weighted by molar-refractivity contribution is 0.274. The number of hydrogen-bond donors (Lipinski definition) is 1. The summed E-state index contributed by atoms with van der Waals surface area (Å²) in [4.78, 5) is 0. The summed E-state index contributed by atoms with van der Waals surface area (Å²) in [5.41, 5.74) is 6.33. The highest BCUT2D eigenvalue weighted by molar-refractivity contribution is 9.10. The van der Waals surface area contributed by atoms with E-state index in [1.54, 1.807) is 6.07 Å². The summed E-state index contributed by atoms with van der Waals surface area (Å²) in [6.07, 6.45) is 5.17. The molecule has 0 unspecified atom stereocenters. The fourth-order valence-corrected chi connectivity index (χ4v) is 4.43. The molecule has 1 aliphatic rings. The van der Waals surface area contributed by atoms with E-state index in [0.29, 0.717) is 16.6 Å². The van der Waals surface area contributed by atoms with E-state index in [-0.39, 0.29) is 6.61 Å². The molecule has 0 spiro atoms. The summed E-state index contributed by atoms with van der Waals surface area (Å²) >= 11 is 15.9. The van der Waals surface area contributed by atoms with Gasteiger partial charge in [0.05, 0.1) is 24.5 Å². The van der Waals surface area contributed by atoms with Crippen LogP contribution in [0.15, 0.2) is 46.9 Å². The number of aliphatic hydroxyl groups excluding tert-OH is 1. The predicted molar refractivity (Wildman–Crippen MR) is 119 cm³/mol. The molecule has 28 heavy (non-hydrogen) atoms. The van der Waals surface area contributed by atoms with Crippen LogP contribution >= 0.6 is 39.1 Å². The number of aromatic nitrogens is 2. The van der Waals surface area contributed by atoms with E-state index >= 15 is 0 Å². The first-order valence-electron chi connectivity index (χ1n) is 9.15. The second kappa shape index (κ2) is 8.42. The standard InChI is InChI=1S/C22H19BrCl2N2O/c23-17-7-4-14(5-8-17)10-15-2-1-3-19-21(13-28)26-27(22(15)19)12-16-6-9-18(24)11-20(16)25/h4-11,28H,1-3,12-13H2/b15-10+. The van der Waals surface area contributed by atoms with Gasteiger partial charge in [-0.1, -0.05) is 57.3 Å². The second-order valence-electron chi connectivity index (χ2n) is 6.90. The molecule has 0 bridgehead atoms. The van der Waals surface area contributed by atoms with Crippen molar-refractivity contribution in [2.24, 2.45) is 0 Å². The van der Waals surface area contributed by atoms with E-state index in [4.69, 9.17) is 28.3 Å². The van der Waals surface area contributed by atoms with Gasteiger partial charge in [-0.2, -0.15) is 5.10 Å². The van der Waals surface area contributed by atoms with Crippen LogP contribution in [-0.4, -0.2) is 14.9 Å². The molecule has 1 aromatic heterocycles. The van der Waals surface area contributed by atoms with Crippen molar-refractivity contribution in [2.75, 3.05) is 0 Å². The minimum Gasteiger partial charge on any atom is -0.390 e. The third kappa shape index (κ3) is 4.06. The largest absolute Gasteiger partial charge is 0.390 e. The van der Waals surface area contributed by atoms with Crippen LogP contribution in [0.25, 0.3) is 11.6 Å². The summed E-state index contributed by atoms with van der Waals surface area (Å²) in [6, 6.07) is 13.8. The minimum absolute atomic E-state index is 0.0603. The van der Waals surface area contributed by atoms with Gasteiger partial charge in [-0.3, -0.25) is 4.68 Å². The Morgan fingerprint density at radius 1 is 1.11 bits per heavy atom. The highest BCUT2D eigenvalue weighted by Crippen LogP contribution is 2.35. The summed E-state index contributed by atoms with van der Waals surface area (Å²) in [5.74, 6) is 0. The Labute approximate surface area is 182 Å². The van der Waals surface area contributed by atoms with Crippen molar-refractivity contribution in [1.82, 2.24) is 9.78 Å². The minimum atomic E-state index is -0.0603. The quantitative estimate of drug-likeness (QED) is 0.474. The molecule has 144 valence electrons. The van der Waals surface area contributed by atoms with Gasteiger partial charge < -0.3 is 5.11 Å². The van der Waals surface area contributed by atoms with Crippen molar-refractivity contribution in [1.29, 1.82) is 0 Å². The topological polar surface area (TPSA) is 38.1 Å². The Balaban J connectivity index is 1.78. The van der Waals surface area contributed by atoms with Crippen molar-refractivity contribution in [3.05, 3.63) is 85.1 Å². The first kappa shape index (κ1) is 19.7. The van der Waals surface area contributed by atoms with E-state index in [9.17, 15) is 5.11 Å². The Morgan fingerprint density at radius 2 is 1.89 bits per heavy atom. The van der Waals surface area contributed by atoms with Crippen molar-refractivity contribution in [3.8, 4) is 0 Å². The van der Waals surface area contributed by atoms with Crippen LogP contribution in [0, 0.1) is 0 Å². The molecule has 4 rings (SSSR count). The number of aliphatic hydroxyl groups is 1. The zero-order valence-corrected chi connectivity index (χ0v) is 18.2. The van der Waals surface area contributed by atoms with Gasteiger partial charge in [0.25, 0.3) is 0 Å². The first-order chi connectivity index (χ1) is 13.5. The maximum absolute atomic E-state index is 9.83. The lowest BCUT2D eigenvalue weighted by atomic mass is 9.90. The van der Waals surface area contributed by atoms with Crippen LogP contribution in [-0.2, 0) is 19.6 Å². The second-order valence-corrected chi connectivity index (χ2v) is 8.66. The fraction of sp³-hybridized carbons (Fsp3) is 0.227. The third-order valence-corrected chi connectivity index (χ3v) is 6.12. The maximum Gasteiger partial charge on any atom is 0.0917 e. The molecule has 6 heteroatoms. The van der Waals surface area contributed by atoms with Crippen molar-refractivity contribution in [3.63, 3.8) is 0 Å². The molecular formula is C22H19BrCl2N2O. The molecule has 0 amide bonds. The van der Waals surface area contributed by atoms with E-state index in [1.807, 2.05) is 28.9 Å². The van der Waals surface area contributed by atoms with Crippen LogP contribution in [0.4, 0.5) is 0 Å². The summed E-state index contributed by atoms with van der Waals surface area (Å²) in [6.45, 7) is 0.477. The average molecular weight is 478 g/mol. The molecule has 0 radical (unpaired) electrons. The molecule has 0 fully saturated rings. The van der Waals surface area contributed by atoms with Gasteiger partial charge in [-0.05, 0) is 66.3 Å². The van der Waals surface area contributed by atoms with Gasteiger partial charge in [0.2, 0.25) is 0 Å². The molecule has 3 nitrogen and oxygen atoms in total. The molecule has 0 saturated carbocycles. The number of rotatable bonds is 4. The van der Waals surface area contributed by atoms with Crippen LogP contribution < -0.4 is 0 Å². The molecule has 2 aromatic carbocycles. The molecular weight excluding hydrogens is 459 g/mol. The summed E-state index contributed by atoms with van der Waals surface area (Å²) in [5, 5.41) is 15.8. The molecule has 1 heterocycles. The van der Waals surface area contributed by atoms with Crippen molar-refractivity contribution >= 4 is 50.8 Å². The van der Waals surface area contributed by atoms with E-state index in [2.05, 4.69) is 34.1 Å². The normalized spacial score (nSPS) is 15.1. The number of nitrogens with zero attached hydrogens (tertiary/aromatic N) is 2. The number of allylic oxidation sites excluding steroid dienone is 1. The van der Waals surface area contributed by atoms with Crippen molar-refractivity contribution < 1.29 is 5.11 Å². The summed E-state index contributed by atoms with van der Waals surface area (Å²) in [7, 11) is 0. The lowest BCUT2D eigenvalue weighted by Crippen LogP contribution is -2.10. The maximum atomic E-state index is 9.83. The van der Waals surface area contributed by atoms with E-state index in [1.165, 1.54) is 5.57 Å². The number of fused-ring (bicyclic) bond motifs is 1. The number of benzene rings is 2. The third-order valence-electron chi connectivity index (χ3n) is 5.01. The van der Waals surface area contributed by atoms with Crippen LogP contribution in [0.1, 0.15) is 40.9 Å². The van der Waals surface area contributed by atoms with Gasteiger partial charge in [-0.25, -0.2) is 0 Å². The monoisotopic (exact) mass is 476 g/mol. The SMILES string of the molecule is OCc1nn(Cc2ccc(Cl)cc2Cl)c2c1CCC/C2=C\c1ccc(Br)cc1. The highest BCUT2D eigenvalue weighted by Gasteiger charge is 2.24. The molecule has 1 N–H and O–H groups in total. The highest BCUT2D eigenvalue weighted by atomic mass is 79.9. The zero-order valence-electron chi connectivity index (χ0n) is 15.1. The number of hydrogen-bond acceptors (Lipinski definition) is 2. The van der Waals surface area contributed by atoms with Gasteiger partial charge in [0.1, 0.15) is 0 Å². The van der Waals surface area contributed by atoms with Crippen LogP contribution in [0.2, 0.25) is 10.0 Å². The molecule has 0 atom stereocenters. The molecule has 0 aliphatic heterocycles. The Bertz CT molecular complexity index is 1040. The van der Waals surface area contributed by atoms with E-state index in [0.717, 1.165) is 51.8 Å². The molecule has 1 aliphatic carbocycles. The average Bonchev–Trinajstić information content (AvgIpc) is 3.04. The van der Waals surface area contributed by atoms with Crippen LogP contribution in [0.5, 0.6) is 0 Å². The molecule has 3 aromatic rings. The van der Waals surface area contributed by atoms with E-state index < -0.39 is 0 Å². The Hall–Kier alpha value is -1.59. The Morgan fingerprint density at radius 3 is 2.61 bits per heavy atom. The van der Waals surface area contributed by atoms with Crippen molar-refractivity contribution in [2.45, 2.75) is 32.4 Å². The Kier molecular flexibility index (Phi) is 5.93. The zero-order chi connectivity index (χ0) is 19.7. The summed E-state index contributed by atoms with van der Waals surface area (Å²) < 4.78 is 3.03. The van der Waals surface area contributed by atoms with Gasteiger partial charge in [0.15, 0.2) is 0 Å². The van der Waals surface area contributed by atoms with Crippen LogP contribution in [0.3, 0.4) is 0 Å². The predicted octanol–water partition coefficient (Wildman–Crippen LogP) is 6.37. The van der Waals surface area contributed by atoms with Gasteiger partial charge in [0, 0.05) is 20.1 Å². The smallest absolute Gasteiger partial charge is 0.0917 e. The number of halogens is 3. The fourth-order valence-electron chi connectivity index (χ4n) is 3.70. The first-order valence-corrected chi connectivity index (χ1v) is 10.7. The molecule has 0 saturated heterocycles. The van der Waals surface area contributed by atoms with Gasteiger partial charge >= 0.3 is 0 Å².